The lowest BCUT2D eigenvalue weighted by Gasteiger charge is -2.44. The maximum Gasteiger partial charge on any atom is 0.303 e. The summed E-state index contributed by atoms with van der Waals surface area (Å²) in [5.41, 5.74) is 0. The second kappa shape index (κ2) is 11.0. The highest BCUT2D eigenvalue weighted by Gasteiger charge is 2.52. The molecule has 2 heterocycles. The van der Waals surface area contributed by atoms with Crippen LogP contribution in [0.25, 0.3) is 0 Å². The van der Waals surface area contributed by atoms with Crippen LogP contribution in [0.1, 0.15) is 44.3 Å². The number of ketones is 1. The highest BCUT2D eigenvalue weighted by Crippen LogP contribution is 2.31. The summed E-state index contributed by atoms with van der Waals surface area (Å²) in [6.07, 6.45) is -4.67. The molecule has 0 saturated carbocycles. The highest BCUT2D eigenvalue weighted by molar-refractivity contribution is 7.17. The van der Waals surface area contributed by atoms with Crippen LogP contribution in [-0.2, 0) is 42.9 Å². The van der Waals surface area contributed by atoms with E-state index in [4.69, 9.17) is 23.7 Å². The molecule has 13 heteroatoms. The van der Waals surface area contributed by atoms with Crippen molar-refractivity contribution in [3.05, 3.63) is 11.1 Å². The van der Waals surface area contributed by atoms with Crippen LogP contribution < -0.4 is 5.32 Å². The Morgan fingerprint density at radius 1 is 0.906 bits per heavy atom. The second-order valence-electron chi connectivity index (χ2n) is 6.85. The molecule has 0 amide bonds. The molecule has 12 nitrogen and oxygen atoms in total. The van der Waals surface area contributed by atoms with Gasteiger partial charge in [0.25, 0.3) is 0 Å². The summed E-state index contributed by atoms with van der Waals surface area (Å²) in [6.45, 7) is 5.64. The molecule has 2 rings (SSSR count). The molecule has 0 aliphatic carbocycles. The van der Waals surface area contributed by atoms with E-state index in [2.05, 4.69) is 10.3 Å². The number of rotatable bonds is 8. The summed E-state index contributed by atoms with van der Waals surface area (Å²) in [5.74, 6) is -2.98. The van der Waals surface area contributed by atoms with Crippen LogP contribution >= 0.6 is 11.3 Å². The van der Waals surface area contributed by atoms with E-state index in [1.54, 1.807) is 0 Å². The number of nitrogens with zero attached hydrogens (tertiary/aromatic N) is 1. The van der Waals surface area contributed by atoms with Crippen LogP contribution in [0.2, 0.25) is 0 Å². The minimum absolute atomic E-state index is 0.197. The molecule has 1 N–H and O–H groups in total. The van der Waals surface area contributed by atoms with Gasteiger partial charge in [-0.25, -0.2) is 4.98 Å². The summed E-state index contributed by atoms with van der Waals surface area (Å²) in [6, 6.07) is 0. The number of carbonyl (C=O) groups excluding carboxylic acids is 5. The van der Waals surface area contributed by atoms with Crippen molar-refractivity contribution in [2.75, 3.05) is 11.9 Å². The van der Waals surface area contributed by atoms with Crippen LogP contribution in [0.15, 0.2) is 6.20 Å². The highest BCUT2D eigenvalue weighted by atomic mass is 32.1. The number of aromatic nitrogens is 1. The van der Waals surface area contributed by atoms with Gasteiger partial charge in [-0.1, -0.05) is 11.3 Å². The predicted octanol–water partition coefficient (Wildman–Crippen LogP) is 0.841. The zero-order valence-corrected chi connectivity index (χ0v) is 18.9. The molecule has 1 aliphatic heterocycles. The smallest absolute Gasteiger partial charge is 0.303 e. The van der Waals surface area contributed by atoms with Crippen LogP contribution in [0.4, 0.5) is 5.13 Å². The van der Waals surface area contributed by atoms with Crippen LogP contribution in [0, 0.1) is 0 Å². The molecule has 1 saturated heterocycles. The minimum atomic E-state index is -1.29. The van der Waals surface area contributed by atoms with E-state index in [1.807, 2.05) is 0 Å². The Labute approximate surface area is 187 Å². The van der Waals surface area contributed by atoms with Crippen LogP contribution in [-0.4, -0.2) is 71.9 Å². The minimum Gasteiger partial charge on any atom is -0.463 e. The Bertz CT molecular complexity index is 885. The van der Waals surface area contributed by atoms with Crippen molar-refractivity contribution in [1.29, 1.82) is 0 Å². The average molecular weight is 472 g/mol. The van der Waals surface area contributed by atoms with E-state index in [0.717, 1.165) is 32.1 Å². The van der Waals surface area contributed by atoms with Gasteiger partial charge < -0.3 is 29.0 Å². The first kappa shape index (κ1) is 25.2. The number of hydrogen-bond acceptors (Lipinski definition) is 13. The molecular weight excluding hydrogens is 448 g/mol. The van der Waals surface area contributed by atoms with E-state index in [1.165, 1.54) is 20.0 Å². The van der Waals surface area contributed by atoms with E-state index in [0.29, 0.717) is 4.88 Å². The maximum atomic E-state index is 11.8. The average Bonchev–Trinajstić information content (AvgIpc) is 3.13. The lowest BCUT2D eigenvalue weighted by atomic mass is 9.97. The lowest BCUT2D eigenvalue weighted by molar-refractivity contribution is -0.247. The van der Waals surface area contributed by atoms with Gasteiger partial charge in [0.05, 0.1) is 11.1 Å². The number of thiazole rings is 1. The number of ether oxygens (including phenoxy) is 5. The quantitative estimate of drug-likeness (QED) is 0.323. The van der Waals surface area contributed by atoms with Crippen molar-refractivity contribution in [3.63, 3.8) is 0 Å². The van der Waals surface area contributed by atoms with Gasteiger partial charge in [-0.15, -0.1) is 0 Å². The van der Waals surface area contributed by atoms with Gasteiger partial charge in [0.1, 0.15) is 12.7 Å². The van der Waals surface area contributed by atoms with E-state index >= 15 is 0 Å². The fraction of sp³-hybridized carbons (Fsp3) is 0.579. The molecule has 0 unspecified atom stereocenters. The van der Waals surface area contributed by atoms with Gasteiger partial charge in [0, 0.05) is 34.6 Å². The predicted molar refractivity (Wildman–Crippen MR) is 108 cm³/mol. The molecule has 176 valence electrons. The third-order valence-corrected chi connectivity index (χ3v) is 5.14. The third-order valence-electron chi connectivity index (χ3n) is 4.11. The van der Waals surface area contributed by atoms with Crippen LogP contribution in [0.3, 0.4) is 0 Å². The molecule has 5 atom stereocenters. The summed E-state index contributed by atoms with van der Waals surface area (Å²) in [5, 5.41) is 3.15. The molecule has 0 radical (unpaired) electrons. The molecule has 1 fully saturated rings. The lowest BCUT2D eigenvalue weighted by Crippen LogP contribution is -2.64. The first-order valence-electron chi connectivity index (χ1n) is 9.51. The number of carbonyl (C=O) groups is 5. The normalized spacial score (nSPS) is 24.7. The van der Waals surface area contributed by atoms with E-state index in [-0.39, 0.29) is 17.5 Å². The second-order valence-corrected chi connectivity index (χ2v) is 7.88. The van der Waals surface area contributed by atoms with Gasteiger partial charge >= 0.3 is 23.9 Å². The molecule has 1 aromatic heterocycles. The number of nitrogens with one attached hydrogen (secondary N) is 1. The third kappa shape index (κ3) is 6.99. The van der Waals surface area contributed by atoms with Gasteiger partial charge in [-0.2, -0.15) is 0 Å². The molecular formula is C19H24N2O10S. The van der Waals surface area contributed by atoms with Gasteiger partial charge in [-0.05, 0) is 0 Å². The molecule has 32 heavy (non-hydrogen) atoms. The Morgan fingerprint density at radius 2 is 1.47 bits per heavy atom. The van der Waals surface area contributed by atoms with Gasteiger partial charge in [0.15, 0.2) is 35.5 Å². The monoisotopic (exact) mass is 472 g/mol. The first-order chi connectivity index (χ1) is 15.0. The van der Waals surface area contributed by atoms with E-state index in [9.17, 15) is 24.0 Å². The zero-order chi connectivity index (χ0) is 24.0. The molecule has 0 bridgehead atoms. The molecule has 0 aromatic carbocycles. The van der Waals surface area contributed by atoms with Crippen molar-refractivity contribution < 1.29 is 47.7 Å². The summed E-state index contributed by atoms with van der Waals surface area (Å²) < 4.78 is 26.9. The largest absolute Gasteiger partial charge is 0.463 e. The Morgan fingerprint density at radius 3 is 1.97 bits per heavy atom. The van der Waals surface area contributed by atoms with Crippen molar-refractivity contribution in [1.82, 2.24) is 4.98 Å². The van der Waals surface area contributed by atoms with E-state index < -0.39 is 54.5 Å². The SMILES string of the molecule is CC(=O)OC[C@H]1O[C@@H](Nc2ncc(C(C)=O)s2)[C@@H](OC(C)=O)[C@@H](OC(C)=O)[C@@H]1OC(C)=O. The first-order valence-corrected chi connectivity index (χ1v) is 10.3. The number of Topliss-reactive ketones (excluding diaryl/α,β-unsaturated/α-hetero) is 1. The molecule has 1 aliphatic rings. The fourth-order valence-corrected chi connectivity index (χ4v) is 3.71. The summed E-state index contributed by atoms with van der Waals surface area (Å²) in [7, 11) is 0. The van der Waals surface area contributed by atoms with Crippen molar-refractivity contribution in [2.45, 2.75) is 65.3 Å². The van der Waals surface area contributed by atoms with Crippen molar-refractivity contribution >= 4 is 46.1 Å². The number of esters is 4. The van der Waals surface area contributed by atoms with Crippen molar-refractivity contribution in [3.8, 4) is 0 Å². The Hall–Kier alpha value is -3.06. The topological polar surface area (TPSA) is 156 Å². The Kier molecular flexibility index (Phi) is 8.66. The summed E-state index contributed by atoms with van der Waals surface area (Å²) >= 11 is 1.03. The zero-order valence-electron chi connectivity index (χ0n) is 18.1. The Balaban J connectivity index is 2.43. The number of anilines is 1. The standard InChI is InChI=1S/C19H24N2O10S/c1-8(22)14-6-20-19(32-14)21-18-17(30-12(5)26)16(29-11(4)25)15(28-10(3)24)13(31-18)7-27-9(2)23/h6,13,15-18H,7H2,1-5H3,(H,20,21)/t13-,15-,16+,17+,18-/m1/s1. The van der Waals surface area contributed by atoms with Crippen molar-refractivity contribution in [2.24, 2.45) is 0 Å². The molecule has 0 spiro atoms. The summed E-state index contributed by atoms with van der Waals surface area (Å²) in [4.78, 5) is 62.6. The van der Waals surface area contributed by atoms with Crippen LogP contribution in [0.5, 0.6) is 0 Å². The number of hydrogen-bond donors (Lipinski definition) is 1. The maximum absolute atomic E-state index is 11.8. The fourth-order valence-electron chi connectivity index (χ4n) is 2.97. The molecule has 1 aromatic rings. The van der Waals surface area contributed by atoms with Gasteiger partial charge in [-0.3, -0.25) is 24.0 Å². The van der Waals surface area contributed by atoms with Gasteiger partial charge in [0.2, 0.25) is 0 Å².